The average molecular weight is 318 g/mol. The van der Waals surface area contributed by atoms with Crippen molar-refractivity contribution < 1.29 is 17.9 Å². The number of ether oxygens (including phenoxy) is 1. The summed E-state index contributed by atoms with van der Waals surface area (Å²) in [6.07, 6.45) is -1.97. The van der Waals surface area contributed by atoms with Crippen LogP contribution < -0.4 is 15.8 Å². The number of nitrogens with one attached hydrogen (secondary N) is 1. The van der Waals surface area contributed by atoms with E-state index in [2.05, 4.69) is 33.9 Å². The van der Waals surface area contributed by atoms with Crippen LogP contribution in [0.5, 0.6) is 5.88 Å². The highest BCUT2D eigenvalue weighted by atomic mass is 19.4. The van der Waals surface area contributed by atoms with E-state index in [1.54, 1.807) is 6.07 Å². The molecule has 0 aliphatic heterocycles. The van der Waals surface area contributed by atoms with Crippen LogP contribution in [0.4, 0.5) is 13.2 Å². The normalized spacial score (nSPS) is 12.5. The Balaban J connectivity index is 2.40. The molecule has 0 bridgehead atoms. The van der Waals surface area contributed by atoms with Crippen LogP contribution in [-0.4, -0.2) is 30.3 Å². The van der Waals surface area contributed by atoms with Crippen molar-refractivity contribution in [3.8, 4) is 5.88 Å². The first kappa shape index (κ1) is 18.1. The van der Waals surface area contributed by atoms with Gasteiger partial charge < -0.3 is 15.8 Å². The predicted octanol–water partition coefficient (Wildman–Crippen LogP) is 2.47. The van der Waals surface area contributed by atoms with Gasteiger partial charge in [-0.3, -0.25) is 0 Å². The molecular weight excluding hydrogens is 297 g/mol. The maximum absolute atomic E-state index is 12.0. The summed E-state index contributed by atoms with van der Waals surface area (Å²) < 4.78 is 40.5. The minimum Gasteiger partial charge on any atom is -0.468 e. The highest BCUT2D eigenvalue weighted by Crippen LogP contribution is 2.17. The van der Waals surface area contributed by atoms with Crippen LogP contribution >= 0.6 is 0 Å². The van der Waals surface area contributed by atoms with Crippen molar-refractivity contribution in [2.45, 2.75) is 33.0 Å². The van der Waals surface area contributed by atoms with Crippen molar-refractivity contribution in [1.29, 1.82) is 0 Å². The Hall–Kier alpha value is -1.99. The van der Waals surface area contributed by atoms with Crippen molar-refractivity contribution in [2.24, 2.45) is 16.6 Å². The minimum absolute atomic E-state index is 0.0758. The summed E-state index contributed by atoms with van der Waals surface area (Å²) in [5, 5.41) is 2.99. The van der Waals surface area contributed by atoms with E-state index in [0.717, 1.165) is 18.5 Å². The number of hydrogen-bond donors (Lipinski definition) is 2. The Labute approximate surface area is 127 Å². The highest BCUT2D eigenvalue weighted by Gasteiger charge is 2.28. The van der Waals surface area contributed by atoms with Gasteiger partial charge in [0.15, 0.2) is 12.6 Å². The summed E-state index contributed by atoms with van der Waals surface area (Å²) in [5.41, 5.74) is 6.43. The fourth-order valence-electron chi connectivity index (χ4n) is 1.47. The lowest BCUT2D eigenvalue weighted by Gasteiger charge is -2.09. The average Bonchev–Trinajstić information content (AvgIpc) is 2.43. The zero-order valence-electron chi connectivity index (χ0n) is 12.7. The maximum atomic E-state index is 12.0. The van der Waals surface area contributed by atoms with E-state index in [4.69, 9.17) is 5.73 Å². The van der Waals surface area contributed by atoms with Gasteiger partial charge in [0, 0.05) is 18.8 Å². The molecule has 0 fully saturated rings. The standard InChI is InChI=1S/C14H21F3N4O/c1-10(2)5-6-19-13(18)21-8-11-3-4-12(20-7-11)22-9-14(15,16)17/h3-4,7,10H,5-6,8-9H2,1-2H3,(H3,18,19,21). The molecule has 0 aromatic carbocycles. The monoisotopic (exact) mass is 318 g/mol. The summed E-state index contributed by atoms with van der Waals surface area (Å²) in [4.78, 5) is 7.92. The molecule has 0 saturated heterocycles. The number of nitrogens with two attached hydrogens (primary N) is 1. The lowest BCUT2D eigenvalue weighted by molar-refractivity contribution is -0.154. The first-order valence-corrected chi connectivity index (χ1v) is 6.94. The summed E-state index contributed by atoms with van der Waals surface area (Å²) >= 11 is 0. The molecule has 5 nitrogen and oxygen atoms in total. The third-order valence-corrected chi connectivity index (χ3v) is 2.64. The number of hydrogen-bond acceptors (Lipinski definition) is 3. The molecule has 0 aliphatic rings. The minimum atomic E-state index is -4.37. The molecule has 1 aromatic rings. The second kappa shape index (κ2) is 8.45. The molecule has 1 aromatic heterocycles. The van der Waals surface area contributed by atoms with Crippen LogP contribution in [0.25, 0.3) is 0 Å². The van der Waals surface area contributed by atoms with Crippen LogP contribution in [0.2, 0.25) is 0 Å². The third kappa shape index (κ3) is 8.33. The number of pyridine rings is 1. The van der Waals surface area contributed by atoms with E-state index >= 15 is 0 Å². The fourth-order valence-corrected chi connectivity index (χ4v) is 1.47. The predicted molar refractivity (Wildman–Crippen MR) is 78.6 cm³/mol. The van der Waals surface area contributed by atoms with Crippen LogP contribution in [0, 0.1) is 5.92 Å². The number of guanidine groups is 1. The van der Waals surface area contributed by atoms with E-state index in [-0.39, 0.29) is 5.88 Å². The largest absolute Gasteiger partial charge is 0.468 e. The van der Waals surface area contributed by atoms with Gasteiger partial charge in [0.05, 0.1) is 6.54 Å². The molecule has 0 amide bonds. The lowest BCUT2D eigenvalue weighted by atomic mass is 10.1. The molecule has 0 aliphatic carbocycles. The molecule has 0 radical (unpaired) electrons. The van der Waals surface area contributed by atoms with Gasteiger partial charge in [0.1, 0.15) is 0 Å². The second-order valence-electron chi connectivity index (χ2n) is 5.22. The van der Waals surface area contributed by atoms with Crippen molar-refractivity contribution in [1.82, 2.24) is 10.3 Å². The van der Waals surface area contributed by atoms with E-state index in [9.17, 15) is 13.2 Å². The van der Waals surface area contributed by atoms with Gasteiger partial charge in [0.2, 0.25) is 5.88 Å². The van der Waals surface area contributed by atoms with Gasteiger partial charge in [-0.05, 0) is 17.9 Å². The molecular formula is C14H21F3N4O. The topological polar surface area (TPSA) is 72.5 Å². The Bertz CT molecular complexity index is 472. The first-order chi connectivity index (χ1) is 10.3. The van der Waals surface area contributed by atoms with Gasteiger partial charge >= 0.3 is 6.18 Å². The van der Waals surface area contributed by atoms with E-state index in [1.165, 1.54) is 12.3 Å². The molecule has 0 unspecified atom stereocenters. The summed E-state index contributed by atoms with van der Waals surface area (Å²) in [6, 6.07) is 2.97. The zero-order chi connectivity index (χ0) is 16.6. The quantitative estimate of drug-likeness (QED) is 0.598. The lowest BCUT2D eigenvalue weighted by Crippen LogP contribution is -2.32. The van der Waals surface area contributed by atoms with E-state index < -0.39 is 12.8 Å². The zero-order valence-corrected chi connectivity index (χ0v) is 12.7. The van der Waals surface area contributed by atoms with Crippen LogP contribution in [0.15, 0.2) is 23.3 Å². The summed E-state index contributed by atoms with van der Waals surface area (Å²) in [6.45, 7) is 3.92. The molecule has 0 saturated carbocycles. The number of halogens is 3. The van der Waals surface area contributed by atoms with Gasteiger partial charge in [-0.25, -0.2) is 9.98 Å². The van der Waals surface area contributed by atoms with Crippen molar-refractivity contribution >= 4 is 5.96 Å². The van der Waals surface area contributed by atoms with Gasteiger partial charge in [-0.2, -0.15) is 13.2 Å². The highest BCUT2D eigenvalue weighted by molar-refractivity contribution is 5.77. The van der Waals surface area contributed by atoms with Gasteiger partial charge in [-0.1, -0.05) is 19.9 Å². The Morgan fingerprint density at radius 1 is 1.41 bits per heavy atom. The number of nitrogens with zero attached hydrogens (tertiary/aromatic N) is 2. The maximum Gasteiger partial charge on any atom is 0.422 e. The Morgan fingerprint density at radius 2 is 2.14 bits per heavy atom. The third-order valence-electron chi connectivity index (χ3n) is 2.64. The number of aromatic nitrogens is 1. The van der Waals surface area contributed by atoms with Crippen LogP contribution in [0.3, 0.4) is 0 Å². The molecule has 1 rings (SSSR count). The molecule has 0 spiro atoms. The smallest absolute Gasteiger partial charge is 0.422 e. The molecule has 124 valence electrons. The Morgan fingerprint density at radius 3 is 2.68 bits per heavy atom. The van der Waals surface area contributed by atoms with Gasteiger partial charge in [-0.15, -0.1) is 0 Å². The summed E-state index contributed by atoms with van der Waals surface area (Å²) in [7, 11) is 0. The Kier molecular flexibility index (Phi) is 6.94. The molecule has 8 heteroatoms. The van der Waals surface area contributed by atoms with Crippen molar-refractivity contribution in [2.75, 3.05) is 13.2 Å². The second-order valence-corrected chi connectivity index (χ2v) is 5.22. The number of aliphatic imine (C=N–C) groups is 1. The molecule has 22 heavy (non-hydrogen) atoms. The molecule has 0 atom stereocenters. The molecule has 3 N–H and O–H groups in total. The van der Waals surface area contributed by atoms with Crippen molar-refractivity contribution in [3.63, 3.8) is 0 Å². The van der Waals surface area contributed by atoms with Crippen molar-refractivity contribution in [3.05, 3.63) is 23.9 Å². The van der Waals surface area contributed by atoms with E-state index in [1.807, 2.05) is 0 Å². The van der Waals surface area contributed by atoms with E-state index in [0.29, 0.717) is 18.4 Å². The first-order valence-electron chi connectivity index (χ1n) is 6.94. The van der Waals surface area contributed by atoms with Crippen LogP contribution in [0.1, 0.15) is 25.8 Å². The number of rotatable bonds is 7. The number of alkyl halides is 3. The SMILES string of the molecule is CC(C)CCNC(N)=NCc1ccc(OCC(F)(F)F)nc1. The van der Waals surface area contributed by atoms with Gasteiger partial charge in [0.25, 0.3) is 0 Å². The molecule has 1 heterocycles. The fraction of sp³-hybridized carbons (Fsp3) is 0.571. The summed E-state index contributed by atoms with van der Waals surface area (Å²) in [5.74, 6) is 0.833. The van der Waals surface area contributed by atoms with Crippen LogP contribution in [-0.2, 0) is 6.54 Å².